The molecule has 0 saturated heterocycles. The number of hydrogen-bond acceptors (Lipinski definition) is 2. The van der Waals surface area contributed by atoms with Crippen molar-refractivity contribution in [2.45, 2.75) is 12.5 Å². The maximum atomic E-state index is 13.6. The molecule has 1 atom stereocenters. The summed E-state index contributed by atoms with van der Waals surface area (Å²) in [6.45, 7) is 0.396. The number of aliphatic hydroxyl groups is 1. The predicted octanol–water partition coefficient (Wildman–Crippen LogP) is 2.88. The van der Waals surface area contributed by atoms with E-state index in [4.69, 9.17) is 0 Å². The van der Waals surface area contributed by atoms with E-state index < -0.39 is 18.0 Å². The van der Waals surface area contributed by atoms with Crippen LogP contribution in [0.1, 0.15) is 17.4 Å². The first kappa shape index (κ1) is 17.0. The van der Waals surface area contributed by atoms with Crippen LogP contribution < -0.4 is 10.6 Å². The third kappa shape index (κ3) is 4.36. The smallest absolute Gasteiger partial charge is 0.314 e. The van der Waals surface area contributed by atoms with Gasteiger partial charge in [0.05, 0.1) is 6.10 Å². The second-order valence-electron chi connectivity index (χ2n) is 5.81. The Balaban J connectivity index is 1.43. The summed E-state index contributed by atoms with van der Waals surface area (Å²) < 4.78 is 13.6. The average Bonchev–Trinajstić information content (AvgIpc) is 3.03. The molecular formula is C19H20FN3O2. The fourth-order valence-corrected chi connectivity index (χ4v) is 2.69. The lowest BCUT2D eigenvalue weighted by Crippen LogP contribution is -2.38. The highest BCUT2D eigenvalue weighted by molar-refractivity contribution is 5.80. The Morgan fingerprint density at radius 3 is 2.68 bits per heavy atom. The van der Waals surface area contributed by atoms with Gasteiger partial charge >= 0.3 is 6.03 Å². The standard InChI is InChI=1S/C19H20FN3O2/c20-16-7-3-2-6-15(16)18(24)12-22-19(25)21-10-9-14-11-13-5-1-4-8-17(13)23-14/h1-8,11,18,23-24H,9-10,12H2,(H2,21,22,25). The van der Waals surface area contributed by atoms with Gasteiger partial charge in [-0.1, -0.05) is 36.4 Å². The van der Waals surface area contributed by atoms with E-state index in [1.807, 2.05) is 24.3 Å². The summed E-state index contributed by atoms with van der Waals surface area (Å²) in [4.78, 5) is 15.1. The van der Waals surface area contributed by atoms with Crippen LogP contribution in [0.25, 0.3) is 10.9 Å². The van der Waals surface area contributed by atoms with Crippen LogP contribution in [0.15, 0.2) is 54.6 Å². The molecule has 3 aromatic rings. The minimum Gasteiger partial charge on any atom is -0.386 e. The molecule has 0 aliphatic rings. The molecule has 0 radical (unpaired) electrons. The molecule has 0 fully saturated rings. The van der Waals surface area contributed by atoms with Crippen LogP contribution in [0.2, 0.25) is 0 Å². The third-order valence-electron chi connectivity index (χ3n) is 3.99. The van der Waals surface area contributed by atoms with Crippen molar-refractivity contribution in [2.75, 3.05) is 13.1 Å². The van der Waals surface area contributed by atoms with Crippen LogP contribution in [0, 0.1) is 5.82 Å². The molecule has 3 rings (SSSR count). The van der Waals surface area contributed by atoms with E-state index >= 15 is 0 Å². The molecule has 25 heavy (non-hydrogen) atoms. The van der Waals surface area contributed by atoms with Gasteiger partial charge in [0.25, 0.3) is 0 Å². The number of para-hydroxylation sites is 1. The topological polar surface area (TPSA) is 77.2 Å². The van der Waals surface area contributed by atoms with E-state index in [9.17, 15) is 14.3 Å². The van der Waals surface area contributed by atoms with Crippen LogP contribution >= 0.6 is 0 Å². The fourth-order valence-electron chi connectivity index (χ4n) is 2.69. The van der Waals surface area contributed by atoms with E-state index in [0.29, 0.717) is 13.0 Å². The largest absolute Gasteiger partial charge is 0.386 e. The number of fused-ring (bicyclic) bond motifs is 1. The SMILES string of the molecule is O=C(NCCc1cc2ccccc2[nH]1)NCC(O)c1ccccc1F. The van der Waals surface area contributed by atoms with E-state index in [-0.39, 0.29) is 12.1 Å². The molecular weight excluding hydrogens is 321 g/mol. The Labute approximate surface area is 144 Å². The number of H-pyrrole nitrogens is 1. The zero-order chi connectivity index (χ0) is 17.6. The summed E-state index contributed by atoms with van der Waals surface area (Å²) in [6.07, 6.45) is -0.418. The van der Waals surface area contributed by atoms with Gasteiger partial charge in [-0.15, -0.1) is 0 Å². The Morgan fingerprint density at radius 1 is 1.12 bits per heavy atom. The minimum absolute atomic E-state index is 0.0564. The van der Waals surface area contributed by atoms with Gasteiger partial charge in [-0.3, -0.25) is 0 Å². The summed E-state index contributed by atoms with van der Waals surface area (Å²) in [7, 11) is 0. The van der Waals surface area contributed by atoms with Crippen molar-refractivity contribution < 1.29 is 14.3 Å². The number of aromatic nitrogens is 1. The van der Waals surface area contributed by atoms with Crippen LogP contribution in [-0.2, 0) is 6.42 Å². The third-order valence-corrected chi connectivity index (χ3v) is 3.99. The zero-order valence-corrected chi connectivity index (χ0v) is 13.6. The van der Waals surface area contributed by atoms with Crippen LogP contribution in [0.5, 0.6) is 0 Å². The van der Waals surface area contributed by atoms with E-state index in [1.165, 1.54) is 12.1 Å². The number of aliphatic hydroxyl groups excluding tert-OH is 1. The van der Waals surface area contributed by atoms with E-state index in [1.54, 1.807) is 12.1 Å². The number of hydrogen-bond donors (Lipinski definition) is 4. The summed E-state index contributed by atoms with van der Waals surface area (Å²) in [5.74, 6) is -0.490. The van der Waals surface area contributed by atoms with Crippen LogP contribution in [0.4, 0.5) is 9.18 Å². The molecule has 0 spiro atoms. The monoisotopic (exact) mass is 341 g/mol. The number of aromatic amines is 1. The number of carbonyl (C=O) groups excluding carboxylic acids is 1. The van der Waals surface area contributed by atoms with Gasteiger partial charge in [0.15, 0.2) is 0 Å². The van der Waals surface area contributed by atoms with Crippen molar-refractivity contribution in [3.63, 3.8) is 0 Å². The van der Waals surface area contributed by atoms with Gasteiger partial charge in [-0.2, -0.15) is 0 Å². The molecule has 0 bridgehead atoms. The van der Waals surface area contributed by atoms with E-state index in [2.05, 4.69) is 21.7 Å². The molecule has 1 heterocycles. The lowest BCUT2D eigenvalue weighted by atomic mass is 10.1. The Morgan fingerprint density at radius 2 is 1.88 bits per heavy atom. The van der Waals surface area contributed by atoms with E-state index in [0.717, 1.165) is 16.6 Å². The fraction of sp³-hybridized carbons (Fsp3) is 0.211. The highest BCUT2D eigenvalue weighted by atomic mass is 19.1. The Hall–Kier alpha value is -2.86. The van der Waals surface area contributed by atoms with Crippen LogP contribution in [0.3, 0.4) is 0 Å². The number of halogens is 1. The number of benzene rings is 2. The summed E-state index contributed by atoms with van der Waals surface area (Å²) >= 11 is 0. The summed E-state index contributed by atoms with van der Waals surface area (Å²) in [6, 6.07) is 15.6. The quantitative estimate of drug-likeness (QED) is 0.556. The maximum absolute atomic E-state index is 13.6. The minimum atomic E-state index is -1.08. The molecule has 6 heteroatoms. The molecule has 0 saturated carbocycles. The molecule has 1 aromatic heterocycles. The first-order valence-electron chi connectivity index (χ1n) is 8.14. The van der Waals surface area contributed by atoms with Gasteiger partial charge in [0.1, 0.15) is 5.82 Å². The van der Waals surface area contributed by atoms with Gasteiger partial charge in [-0.25, -0.2) is 9.18 Å². The van der Waals surface area contributed by atoms with Crippen molar-refractivity contribution in [1.29, 1.82) is 0 Å². The van der Waals surface area contributed by atoms with Gasteiger partial charge in [-0.05, 0) is 23.6 Å². The lowest BCUT2D eigenvalue weighted by Gasteiger charge is -2.13. The highest BCUT2D eigenvalue weighted by Gasteiger charge is 2.13. The van der Waals surface area contributed by atoms with Crippen molar-refractivity contribution in [3.8, 4) is 0 Å². The molecule has 130 valence electrons. The molecule has 4 N–H and O–H groups in total. The number of rotatable bonds is 6. The lowest BCUT2D eigenvalue weighted by molar-refractivity contribution is 0.169. The second-order valence-corrected chi connectivity index (χ2v) is 5.81. The van der Waals surface area contributed by atoms with Crippen molar-refractivity contribution >= 4 is 16.9 Å². The average molecular weight is 341 g/mol. The van der Waals surface area contributed by atoms with Gasteiger partial charge in [0.2, 0.25) is 0 Å². The summed E-state index contributed by atoms with van der Waals surface area (Å²) in [5.41, 5.74) is 2.27. The molecule has 1 unspecified atom stereocenters. The Bertz CT molecular complexity index is 830. The second kappa shape index (κ2) is 7.81. The number of amides is 2. The van der Waals surface area contributed by atoms with Gasteiger partial charge < -0.3 is 20.7 Å². The molecule has 2 aromatic carbocycles. The predicted molar refractivity (Wildman–Crippen MR) is 94.8 cm³/mol. The Kier molecular flexibility index (Phi) is 5.30. The first-order chi connectivity index (χ1) is 12.1. The van der Waals surface area contributed by atoms with Gasteiger partial charge in [0, 0.05) is 36.3 Å². The zero-order valence-electron chi connectivity index (χ0n) is 13.6. The normalized spacial score (nSPS) is 12.1. The van der Waals surface area contributed by atoms with Crippen molar-refractivity contribution in [2.24, 2.45) is 0 Å². The molecule has 0 aliphatic carbocycles. The highest BCUT2D eigenvalue weighted by Crippen LogP contribution is 2.16. The molecule has 5 nitrogen and oxygen atoms in total. The first-order valence-corrected chi connectivity index (χ1v) is 8.14. The number of nitrogens with one attached hydrogen (secondary N) is 3. The number of urea groups is 1. The summed E-state index contributed by atoms with van der Waals surface area (Å²) in [5, 5.41) is 16.3. The van der Waals surface area contributed by atoms with Crippen molar-refractivity contribution in [3.05, 3.63) is 71.7 Å². The molecule has 2 amide bonds. The van der Waals surface area contributed by atoms with Crippen molar-refractivity contribution in [1.82, 2.24) is 15.6 Å². The molecule has 0 aliphatic heterocycles. The van der Waals surface area contributed by atoms with Crippen LogP contribution in [-0.4, -0.2) is 29.2 Å². The maximum Gasteiger partial charge on any atom is 0.314 e. The number of carbonyl (C=O) groups is 1.